The van der Waals surface area contributed by atoms with E-state index in [1.807, 2.05) is 0 Å². The van der Waals surface area contributed by atoms with Crippen LogP contribution in [-0.2, 0) is 5.60 Å². The van der Waals surface area contributed by atoms with Crippen molar-refractivity contribution in [2.24, 2.45) is 0 Å². The first-order valence-corrected chi connectivity index (χ1v) is 4.32. The minimum Gasteiger partial charge on any atom is -0.396 e. The number of hydrogen-bond donors (Lipinski definition) is 2. The van der Waals surface area contributed by atoms with Crippen molar-refractivity contribution < 1.29 is 35.8 Å². The summed E-state index contributed by atoms with van der Waals surface area (Å²) < 4.78 is 87.2. The van der Waals surface area contributed by atoms with Crippen molar-refractivity contribution in [2.45, 2.75) is 18.0 Å². The molecule has 9 heteroatoms. The second-order valence-corrected chi connectivity index (χ2v) is 3.44. The van der Waals surface area contributed by atoms with E-state index in [0.717, 1.165) is 0 Å². The summed E-state index contributed by atoms with van der Waals surface area (Å²) in [6.45, 7) is 0. The molecule has 0 saturated heterocycles. The zero-order valence-corrected chi connectivity index (χ0v) is 8.40. The number of rotatable bonds is 1. The summed E-state index contributed by atoms with van der Waals surface area (Å²) in [4.78, 5) is 0. The van der Waals surface area contributed by atoms with Crippen molar-refractivity contribution in [3.8, 4) is 0 Å². The lowest BCUT2D eigenvalue weighted by atomic mass is 9.92. The van der Waals surface area contributed by atoms with E-state index in [2.05, 4.69) is 0 Å². The van der Waals surface area contributed by atoms with E-state index in [4.69, 9.17) is 10.8 Å². The Kier molecular flexibility index (Phi) is 3.24. The molecule has 3 N–H and O–H groups in total. The highest BCUT2D eigenvalue weighted by Gasteiger charge is 2.71. The van der Waals surface area contributed by atoms with E-state index in [9.17, 15) is 30.7 Å². The van der Waals surface area contributed by atoms with Gasteiger partial charge in [0.1, 0.15) is 5.82 Å². The third kappa shape index (κ3) is 2.09. The van der Waals surface area contributed by atoms with Crippen LogP contribution in [0.4, 0.5) is 36.4 Å². The number of halogens is 7. The maximum Gasteiger partial charge on any atom is 0.430 e. The molecule has 0 saturated carbocycles. The highest BCUT2D eigenvalue weighted by atomic mass is 19.4. The van der Waals surface area contributed by atoms with Crippen LogP contribution in [0.3, 0.4) is 0 Å². The fraction of sp³-hybridized carbons (Fsp3) is 0.333. The molecular formula is C9H6F7NO. The van der Waals surface area contributed by atoms with Gasteiger partial charge in [-0.25, -0.2) is 4.39 Å². The molecule has 2 nitrogen and oxygen atoms in total. The van der Waals surface area contributed by atoms with E-state index in [1.165, 1.54) is 0 Å². The summed E-state index contributed by atoms with van der Waals surface area (Å²) in [5.74, 6) is -1.19. The Bertz CT molecular complexity index is 437. The van der Waals surface area contributed by atoms with E-state index in [-0.39, 0.29) is 12.1 Å². The Morgan fingerprint density at radius 2 is 1.39 bits per heavy atom. The lowest BCUT2D eigenvalue weighted by Gasteiger charge is -2.32. The third-order valence-corrected chi connectivity index (χ3v) is 2.23. The van der Waals surface area contributed by atoms with Gasteiger partial charge in [0.25, 0.3) is 5.60 Å². The van der Waals surface area contributed by atoms with Gasteiger partial charge in [-0.15, -0.1) is 0 Å². The second-order valence-electron chi connectivity index (χ2n) is 3.44. The molecule has 1 aromatic carbocycles. The highest BCUT2D eigenvalue weighted by molar-refractivity contribution is 5.45. The summed E-state index contributed by atoms with van der Waals surface area (Å²) in [5.41, 5.74) is -2.74. The number of anilines is 1. The molecule has 0 unspecified atom stereocenters. The van der Waals surface area contributed by atoms with Gasteiger partial charge in [0.15, 0.2) is 0 Å². The predicted octanol–water partition coefficient (Wildman–Crippen LogP) is 2.72. The van der Waals surface area contributed by atoms with Crippen LogP contribution in [0.15, 0.2) is 18.2 Å². The molecule has 0 heterocycles. The van der Waals surface area contributed by atoms with Gasteiger partial charge in [0.05, 0.1) is 5.69 Å². The highest BCUT2D eigenvalue weighted by Crippen LogP contribution is 2.50. The van der Waals surface area contributed by atoms with Crippen LogP contribution < -0.4 is 5.73 Å². The molecule has 0 fully saturated rings. The molecule has 0 atom stereocenters. The average Bonchev–Trinajstić information content (AvgIpc) is 2.17. The standard InChI is InChI=1S/C9H6F7NO/c10-5-2-1-4(3-6(5)17)7(18,8(11,12)13)9(14,15)16/h1-3,18H,17H2. The quantitative estimate of drug-likeness (QED) is 0.612. The molecule has 0 aliphatic heterocycles. The summed E-state index contributed by atoms with van der Waals surface area (Å²) in [6, 6.07) is 0.579. The van der Waals surface area contributed by atoms with Crippen LogP contribution >= 0.6 is 0 Å². The van der Waals surface area contributed by atoms with Gasteiger partial charge in [0.2, 0.25) is 0 Å². The molecule has 0 amide bonds. The molecule has 18 heavy (non-hydrogen) atoms. The SMILES string of the molecule is Nc1cc(C(O)(C(F)(F)F)C(F)(F)F)ccc1F. The molecule has 0 aliphatic rings. The first kappa shape index (κ1) is 14.6. The van der Waals surface area contributed by atoms with E-state index in [0.29, 0.717) is 6.07 Å². The smallest absolute Gasteiger partial charge is 0.396 e. The van der Waals surface area contributed by atoms with Crippen molar-refractivity contribution in [1.82, 2.24) is 0 Å². The molecule has 0 bridgehead atoms. The summed E-state index contributed by atoms with van der Waals surface area (Å²) >= 11 is 0. The van der Waals surface area contributed by atoms with E-state index < -0.39 is 35.0 Å². The molecule has 1 aromatic rings. The van der Waals surface area contributed by atoms with Crippen LogP contribution in [0.25, 0.3) is 0 Å². The minimum atomic E-state index is -6.02. The normalized spacial score (nSPS) is 13.8. The van der Waals surface area contributed by atoms with E-state index in [1.54, 1.807) is 0 Å². The zero-order valence-electron chi connectivity index (χ0n) is 8.40. The summed E-state index contributed by atoms with van der Waals surface area (Å²) in [6.07, 6.45) is -12.0. The molecule has 1 rings (SSSR count). The Labute approximate surface area is 95.8 Å². The van der Waals surface area contributed by atoms with Crippen LogP contribution in [-0.4, -0.2) is 17.5 Å². The van der Waals surface area contributed by atoms with Crippen molar-refractivity contribution in [3.63, 3.8) is 0 Å². The Hall–Kier alpha value is -1.51. The number of alkyl halides is 6. The minimum absolute atomic E-state index is 0.0936. The maximum absolute atomic E-state index is 12.7. The second kappa shape index (κ2) is 4.01. The molecular weight excluding hydrogens is 271 g/mol. The molecule has 0 radical (unpaired) electrons. The number of aliphatic hydroxyl groups is 1. The van der Waals surface area contributed by atoms with Crippen LogP contribution in [0, 0.1) is 5.82 Å². The maximum atomic E-state index is 12.7. The average molecular weight is 277 g/mol. The number of hydrogen-bond acceptors (Lipinski definition) is 2. The van der Waals surface area contributed by atoms with Gasteiger partial charge in [-0.2, -0.15) is 26.3 Å². The summed E-state index contributed by atoms with van der Waals surface area (Å²) in [7, 11) is 0. The monoisotopic (exact) mass is 277 g/mol. The van der Waals surface area contributed by atoms with Crippen molar-refractivity contribution in [2.75, 3.05) is 5.73 Å². The van der Waals surface area contributed by atoms with Crippen molar-refractivity contribution in [3.05, 3.63) is 29.6 Å². The van der Waals surface area contributed by atoms with Gasteiger partial charge < -0.3 is 10.8 Å². The van der Waals surface area contributed by atoms with Crippen LogP contribution in [0.1, 0.15) is 5.56 Å². The topological polar surface area (TPSA) is 46.2 Å². The number of nitrogen functional groups attached to an aromatic ring is 1. The lowest BCUT2D eigenvalue weighted by molar-refractivity contribution is -0.376. The first-order chi connectivity index (χ1) is 7.91. The fourth-order valence-electron chi connectivity index (χ4n) is 1.26. The van der Waals surface area contributed by atoms with Crippen molar-refractivity contribution >= 4 is 5.69 Å². The number of nitrogens with two attached hydrogens (primary N) is 1. The van der Waals surface area contributed by atoms with E-state index >= 15 is 0 Å². The Balaban J connectivity index is 3.51. The van der Waals surface area contributed by atoms with Gasteiger partial charge in [0, 0.05) is 5.56 Å². The molecule has 0 spiro atoms. The largest absolute Gasteiger partial charge is 0.430 e. The lowest BCUT2D eigenvalue weighted by Crippen LogP contribution is -2.53. The van der Waals surface area contributed by atoms with Gasteiger partial charge in [-0.05, 0) is 12.1 Å². The summed E-state index contributed by atoms with van der Waals surface area (Å²) in [5, 5.41) is 8.94. The Morgan fingerprint density at radius 3 is 1.72 bits per heavy atom. The Morgan fingerprint density at radius 1 is 0.944 bits per heavy atom. The van der Waals surface area contributed by atoms with Gasteiger partial charge in [-0.1, -0.05) is 6.07 Å². The van der Waals surface area contributed by atoms with Crippen LogP contribution in [0.2, 0.25) is 0 Å². The molecule has 0 aromatic heterocycles. The van der Waals surface area contributed by atoms with Crippen molar-refractivity contribution in [1.29, 1.82) is 0 Å². The van der Waals surface area contributed by atoms with Crippen LogP contribution in [0.5, 0.6) is 0 Å². The van der Waals surface area contributed by atoms with Gasteiger partial charge in [-0.3, -0.25) is 0 Å². The third-order valence-electron chi connectivity index (χ3n) is 2.23. The predicted molar refractivity (Wildman–Crippen MR) is 46.8 cm³/mol. The molecule has 0 aliphatic carbocycles. The zero-order chi connectivity index (χ0) is 14.4. The number of benzene rings is 1. The molecule has 102 valence electrons. The van der Waals surface area contributed by atoms with Gasteiger partial charge >= 0.3 is 12.4 Å². The fourth-order valence-corrected chi connectivity index (χ4v) is 1.26. The first-order valence-electron chi connectivity index (χ1n) is 4.32.